The average molecular weight is 442 g/mol. The lowest BCUT2D eigenvalue weighted by molar-refractivity contribution is -0.120. The van der Waals surface area contributed by atoms with E-state index in [1.54, 1.807) is 11.6 Å². The topological polar surface area (TPSA) is 68.0 Å². The quantitative estimate of drug-likeness (QED) is 0.335. The molecule has 0 amide bonds. The lowest BCUT2D eigenvalue weighted by Crippen LogP contribution is -2.11. The molecule has 4 rings (SSSR count). The molecular weight excluding hydrogens is 410 g/mol. The predicted molar refractivity (Wildman–Crippen MR) is 133 cm³/mol. The molecule has 170 valence electrons. The van der Waals surface area contributed by atoms with Crippen LogP contribution >= 0.6 is 0 Å². The van der Waals surface area contributed by atoms with E-state index in [0.29, 0.717) is 18.9 Å². The van der Waals surface area contributed by atoms with Crippen LogP contribution in [0.4, 0.5) is 0 Å². The van der Waals surface area contributed by atoms with Crippen LogP contribution in [0.2, 0.25) is 0 Å². The first-order chi connectivity index (χ1) is 15.9. The molecule has 0 spiro atoms. The molecule has 4 aromatic rings. The lowest BCUT2D eigenvalue weighted by Gasteiger charge is -2.10. The Hall–Kier alpha value is -3.31. The second-order valence-electron chi connectivity index (χ2n) is 8.94. The fraction of sp³-hybridized carbons (Fsp3) is 0.321. The number of aromatic nitrogens is 3. The highest BCUT2D eigenvalue weighted by molar-refractivity contribution is 5.96. The van der Waals surface area contributed by atoms with Gasteiger partial charge in [-0.15, -0.1) is 0 Å². The minimum absolute atomic E-state index is 0.223. The number of hydrogen-bond donors (Lipinski definition) is 1. The van der Waals surface area contributed by atoms with E-state index in [4.69, 9.17) is 0 Å². The summed E-state index contributed by atoms with van der Waals surface area (Å²) >= 11 is 0. The number of Topliss-reactive ketones (excluding diaryl/α,β-unsaturated/α-hetero) is 1. The first-order valence-corrected chi connectivity index (χ1v) is 11.6. The fourth-order valence-corrected chi connectivity index (χ4v) is 3.98. The van der Waals surface area contributed by atoms with Crippen LogP contribution in [0.1, 0.15) is 51.7 Å². The molecule has 33 heavy (non-hydrogen) atoms. The summed E-state index contributed by atoms with van der Waals surface area (Å²) < 4.78 is 1.73. The summed E-state index contributed by atoms with van der Waals surface area (Å²) in [6.07, 6.45) is 9.59. The van der Waals surface area contributed by atoms with Crippen molar-refractivity contribution in [3.63, 3.8) is 0 Å². The predicted octanol–water partition coefficient (Wildman–Crippen LogP) is 6.21. The molecule has 2 aromatic heterocycles. The van der Waals surface area contributed by atoms with Crippen LogP contribution in [-0.4, -0.2) is 25.7 Å². The van der Waals surface area contributed by atoms with Crippen molar-refractivity contribution in [3.8, 4) is 22.3 Å². The number of ketones is 1. The van der Waals surface area contributed by atoms with Crippen LogP contribution in [0.25, 0.3) is 33.0 Å². The van der Waals surface area contributed by atoms with E-state index < -0.39 is 6.10 Å². The van der Waals surface area contributed by atoms with Gasteiger partial charge in [0, 0.05) is 41.5 Å². The third-order valence-electron chi connectivity index (χ3n) is 6.38. The molecule has 0 bridgehead atoms. The zero-order chi connectivity index (χ0) is 23.4. The Kier molecular flexibility index (Phi) is 6.99. The summed E-state index contributed by atoms with van der Waals surface area (Å²) in [5.41, 5.74) is 5.02. The number of fused-ring (bicyclic) bond motifs is 1. The number of hydrogen-bond acceptors (Lipinski definition) is 4. The molecule has 0 aliphatic carbocycles. The van der Waals surface area contributed by atoms with Gasteiger partial charge in [-0.25, -0.2) is 0 Å². The van der Waals surface area contributed by atoms with E-state index in [0.717, 1.165) is 51.4 Å². The minimum atomic E-state index is -0.517. The highest BCUT2D eigenvalue weighted by atomic mass is 16.3. The van der Waals surface area contributed by atoms with Gasteiger partial charge in [0.2, 0.25) is 0 Å². The summed E-state index contributed by atoms with van der Waals surface area (Å²) in [5.74, 6) is 0.802. The number of carbonyl (C=O) groups is 1. The molecule has 0 aliphatic rings. The SMILES string of the molecule is CCC(C)CCC(=O)Cn1cc(-c2ccc(-c3cncc4ccc(C(C)O)cc34)cc2)cn1. The van der Waals surface area contributed by atoms with Crippen molar-refractivity contribution < 1.29 is 9.90 Å². The first-order valence-electron chi connectivity index (χ1n) is 11.6. The van der Waals surface area contributed by atoms with Gasteiger partial charge in [-0.2, -0.15) is 5.10 Å². The molecule has 0 saturated heterocycles. The fourth-order valence-electron chi connectivity index (χ4n) is 3.98. The molecule has 5 nitrogen and oxygen atoms in total. The largest absolute Gasteiger partial charge is 0.389 e. The van der Waals surface area contributed by atoms with Gasteiger partial charge in [-0.3, -0.25) is 14.5 Å². The zero-order valence-electron chi connectivity index (χ0n) is 19.5. The Bertz CT molecular complexity index is 1240. The van der Waals surface area contributed by atoms with Gasteiger partial charge in [0.15, 0.2) is 5.78 Å². The summed E-state index contributed by atoms with van der Waals surface area (Å²) in [6.45, 7) is 6.44. The molecule has 0 fully saturated rings. The van der Waals surface area contributed by atoms with Crippen molar-refractivity contribution >= 4 is 16.6 Å². The Morgan fingerprint density at radius 1 is 1.00 bits per heavy atom. The molecule has 0 aliphatic heterocycles. The second kappa shape index (κ2) is 10.1. The van der Waals surface area contributed by atoms with Crippen LogP contribution in [0, 0.1) is 5.92 Å². The number of pyridine rings is 1. The first kappa shape index (κ1) is 22.9. The Morgan fingerprint density at radius 2 is 1.76 bits per heavy atom. The second-order valence-corrected chi connectivity index (χ2v) is 8.94. The smallest absolute Gasteiger partial charge is 0.154 e. The van der Waals surface area contributed by atoms with Crippen molar-refractivity contribution in [2.24, 2.45) is 5.92 Å². The van der Waals surface area contributed by atoms with Gasteiger partial charge in [-0.05, 0) is 47.4 Å². The lowest BCUT2D eigenvalue weighted by atomic mass is 9.97. The van der Waals surface area contributed by atoms with Crippen LogP contribution in [0.15, 0.2) is 67.3 Å². The molecule has 2 heterocycles. The van der Waals surface area contributed by atoms with E-state index in [-0.39, 0.29) is 5.78 Å². The number of benzene rings is 2. The standard InChI is InChI=1S/C28H31N3O2/c1-4-19(2)5-12-26(33)18-31-17-25(15-30-31)21-6-8-22(9-7-21)28-16-29-14-24-11-10-23(20(3)32)13-27(24)28/h6-11,13-17,19-20,32H,4-5,12,18H2,1-3H3. The molecule has 1 N–H and O–H groups in total. The Balaban J connectivity index is 1.52. The van der Waals surface area contributed by atoms with Crippen LogP contribution in [0.3, 0.4) is 0 Å². The minimum Gasteiger partial charge on any atom is -0.389 e. The van der Waals surface area contributed by atoms with Gasteiger partial charge in [0.25, 0.3) is 0 Å². The van der Waals surface area contributed by atoms with Crippen molar-refractivity contribution in [2.45, 2.75) is 52.7 Å². The van der Waals surface area contributed by atoms with Crippen LogP contribution in [-0.2, 0) is 11.3 Å². The van der Waals surface area contributed by atoms with Gasteiger partial charge < -0.3 is 5.11 Å². The Morgan fingerprint density at radius 3 is 2.48 bits per heavy atom. The third kappa shape index (κ3) is 5.37. The maximum absolute atomic E-state index is 12.3. The summed E-state index contributed by atoms with van der Waals surface area (Å²) in [4.78, 5) is 16.7. The normalized spacial score (nSPS) is 13.2. The van der Waals surface area contributed by atoms with E-state index in [1.807, 2.05) is 43.0 Å². The molecule has 0 radical (unpaired) electrons. The van der Waals surface area contributed by atoms with Gasteiger partial charge in [-0.1, -0.05) is 56.7 Å². The molecule has 2 aromatic carbocycles. The van der Waals surface area contributed by atoms with Crippen LogP contribution < -0.4 is 0 Å². The molecule has 2 atom stereocenters. The van der Waals surface area contributed by atoms with Crippen LogP contribution in [0.5, 0.6) is 0 Å². The van der Waals surface area contributed by atoms with Gasteiger partial charge in [0.1, 0.15) is 0 Å². The molecule has 5 heteroatoms. The maximum atomic E-state index is 12.3. The number of rotatable bonds is 9. The highest BCUT2D eigenvalue weighted by Crippen LogP contribution is 2.31. The molecule has 2 unspecified atom stereocenters. The van der Waals surface area contributed by atoms with Crippen molar-refractivity contribution in [2.75, 3.05) is 0 Å². The molecular formula is C28H31N3O2. The summed E-state index contributed by atoms with van der Waals surface area (Å²) in [5, 5.41) is 16.5. The van der Waals surface area contributed by atoms with E-state index in [1.165, 1.54) is 0 Å². The van der Waals surface area contributed by atoms with Gasteiger partial charge >= 0.3 is 0 Å². The number of nitrogens with zero attached hydrogens (tertiary/aromatic N) is 3. The monoisotopic (exact) mass is 441 g/mol. The number of aliphatic hydroxyl groups excluding tert-OH is 1. The van der Waals surface area contributed by atoms with Crippen molar-refractivity contribution in [1.29, 1.82) is 0 Å². The van der Waals surface area contributed by atoms with E-state index in [9.17, 15) is 9.90 Å². The summed E-state index contributed by atoms with van der Waals surface area (Å²) in [7, 11) is 0. The van der Waals surface area contributed by atoms with E-state index in [2.05, 4.69) is 48.2 Å². The highest BCUT2D eigenvalue weighted by Gasteiger charge is 2.11. The van der Waals surface area contributed by atoms with E-state index >= 15 is 0 Å². The average Bonchev–Trinajstić information content (AvgIpc) is 3.30. The van der Waals surface area contributed by atoms with Crippen molar-refractivity contribution in [3.05, 3.63) is 72.8 Å². The number of carbonyl (C=O) groups excluding carboxylic acids is 1. The van der Waals surface area contributed by atoms with Crippen molar-refractivity contribution in [1.82, 2.24) is 14.8 Å². The number of aliphatic hydroxyl groups is 1. The third-order valence-corrected chi connectivity index (χ3v) is 6.38. The van der Waals surface area contributed by atoms with Gasteiger partial charge in [0.05, 0.1) is 18.8 Å². The molecule has 0 saturated carbocycles. The maximum Gasteiger partial charge on any atom is 0.154 e. The zero-order valence-corrected chi connectivity index (χ0v) is 19.5. The summed E-state index contributed by atoms with van der Waals surface area (Å²) in [6, 6.07) is 14.3. The Labute approximate surface area is 195 Å².